The summed E-state index contributed by atoms with van der Waals surface area (Å²) in [5.41, 5.74) is 1.89. The van der Waals surface area contributed by atoms with Gasteiger partial charge in [-0.15, -0.1) is 0 Å². The van der Waals surface area contributed by atoms with E-state index in [2.05, 4.69) is 5.32 Å². The van der Waals surface area contributed by atoms with Gasteiger partial charge in [0, 0.05) is 18.9 Å². The van der Waals surface area contributed by atoms with Crippen molar-refractivity contribution in [1.82, 2.24) is 5.32 Å². The van der Waals surface area contributed by atoms with Gasteiger partial charge in [-0.05, 0) is 56.0 Å². The van der Waals surface area contributed by atoms with E-state index in [4.69, 9.17) is 0 Å². The van der Waals surface area contributed by atoms with Gasteiger partial charge in [0.25, 0.3) is 0 Å². The van der Waals surface area contributed by atoms with E-state index < -0.39 is 5.92 Å². The van der Waals surface area contributed by atoms with Gasteiger partial charge in [-0.2, -0.15) is 0 Å². The average Bonchev–Trinajstić information content (AvgIpc) is 2.34. The molecule has 19 heavy (non-hydrogen) atoms. The van der Waals surface area contributed by atoms with Gasteiger partial charge < -0.3 is 5.32 Å². The molecule has 0 bridgehead atoms. The monoisotopic (exact) mass is 271 g/mol. The number of rotatable bonds is 3. The Hall–Kier alpha value is -1.03. The van der Waals surface area contributed by atoms with Crippen molar-refractivity contribution in [3.05, 3.63) is 35.1 Å². The third-order valence-corrected chi connectivity index (χ3v) is 4.11. The molecular weight excluding hydrogens is 251 g/mol. The third-order valence-electron chi connectivity index (χ3n) is 4.11. The first-order valence-electron chi connectivity index (χ1n) is 6.74. The molecule has 1 saturated carbocycles. The van der Waals surface area contributed by atoms with Crippen LogP contribution in [0.25, 0.3) is 0 Å². The van der Waals surface area contributed by atoms with Crippen LogP contribution in [0.5, 0.6) is 0 Å². The van der Waals surface area contributed by atoms with Crippen molar-refractivity contribution >= 4 is 0 Å². The standard InChI is InChI=1S/C15H20F3N/c1-10-9-12(16)3-4-13(10)14(19-2)11-5-7-15(17,18)8-6-11/h3-4,9,11,14,19H,5-8H2,1-2H3. The summed E-state index contributed by atoms with van der Waals surface area (Å²) in [5.74, 6) is -2.58. The van der Waals surface area contributed by atoms with Crippen LogP contribution in [0.4, 0.5) is 13.2 Å². The average molecular weight is 271 g/mol. The number of hydrogen-bond acceptors (Lipinski definition) is 1. The predicted octanol–water partition coefficient (Wildman–Crippen LogP) is 4.22. The Labute approximate surface area is 112 Å². The van der Waals surface area contributed by atoms with E-state index in [0.29, 0.717) is 12.8 Å². The molecule has 0 spiro atoms. The zero-order valence-electron chi connectivity index (χ0n) is 11.3. The second kappa shape index (κ2) is 5.53. The zero-order valence-corrected chi connectivity index (χ0v) is 11.3. The highest BCUT2D eigenvalue weighted by molar-refractivity contribution is 5.30. The molecule has 0 heterocycles. The smallest absolute Gasteiger partial charge is 0.248 e. The number of alkyl halides is 2. The lowest BCUT2D eigenvalue weighted by Crippen LogP contribution is -2.33. The second-order valence-electron chi connectivity index (χ2n) is 5.46. The van der Waals surface area contributed by atoms with Crippen molar-refractivity contribution in [3.8, 4) is 0 Å². The van der Waals surface area contributed by atoms with Gasteiger partial charge >= 0.3 is 0 Å². The molecule has 1 unspecified atom stereocenters. The van der Waals surface area contributed by atoms with Crippen LogP contribution in [0.3, 0.4) is 0 Å². The highest BCUT2D eigenvalue weighted by Crippen LogP contribution is 2.41. The first kappa shape index (κ1) is 14.4. The first-order chi connectivity index (χ1) is 8.93. The third kappa shape index (κ3) is 3.30. The molecule has 0 saturated heterocycles. The van der Waals surface area contributed by atoms with Crippen LogP contribution in [0, 0.1) is 18.7 Å². The molecule has 0 aliphatic heterocycles. The van der Waals surface area contributed by atoms with E-state index in [1.54, 1.807) is 6.07 Å². The minimum atomic E-state index is -2.51. The largest absolute Gasteiger partial charge is 0.313 e. The van der Waals surface area contributed by atoms with Crippen molar-refractivity contribution in [2.24, 2.45) is 5.92 Å². The Morgan fingerprint density at radius 1 is 1.26 bits per heavy atom. The first-order valence-corrected chi connectivity index (χ1v) is 6.74. The summed E-state index contributed by atoms with van der Waals surface area (Å²) in [6, 6.07) is 4.72. The lowest BCUT2D eigenvalue weighted by atomic mass is 9.79. The molecule has 1 N–H and O–H groups in total. The molecule has 1 fully saturated rings. The maximum Gasteiger partial charge on any atom is 0.248 e. The molecule has 1 nitrogen and oxygen atoms in total. The molecule has 106 valence electrons. The number of hydrogen-bond donors (Lipinski definition) is 1. The topological polar surface area (TPSA) is 12.0 Å². The summed E-state index contributed by atoms with van der Waals surface area (Å²) < 4.78 is 39.6. The van der Waals surface area contributed by atoms with Crippen LogP contribution in [-0.4, -0.2) is 13.0 Å². The van der Waals surface area contributed by atoms with Gasteiger partial charge in [-0.3, -0.25) is 0 Å². The molecule has 1 aromatic carbocycles. The maximum absolute atomic E-state index is 13.2. The maximum atomic E-state index is 13.2. The number of halogens is 3. The van der Waals surface area contributed by atoms with Crippen LogP contribution in [0.1, 0.15) is 42.9 Å². The quantitative estimate of drug-likeness (QED) is 0.868. The molecular formula is C15H20F3N. The highest BCUT2D eigenvalue weighted by Gasteiger charge is 2.37. The Morgan fingerprint density at radius 3 is 2.42 bits per heavy atom. The molecule has 2 rings (SSSR count). The normalized spacial score (nSPS) is 21.3. The van der Waals surface area contributed by atoms with Gasteiger partial charge in [-0.1, -0.05) is 6.07 Å². The van der Waals surface area contributed by atoms with Crippen molar-refractivity contribution in [2.45, 2.75) is 44.6 Å². The van der Waals surface area contributed by atoms with Gasteiger partial charge in [0.1, 0.15) is 5.82 Å². The minimum absolute atomic E-state index is 0.0247. The summed E-state index contributed by atoms with van der Waals surface area (Å²) in [6.45, 7) is 1.86. The molecule has 1 aromatic rings. The second-order valence-corrected chi connectivity index (χ2v) is 5.46. The Balaban J connectivity index is 2.16. The van der Waals surface area contributed by atoms with E-state index in [-0.39, 0.29) is 30.6 Å². The van der Waals surface area contributed by atoms with E-state index in [9.17, 15) is 13.2 Å². The fourth-order valence-electron chi connectivity index (χ4n) is 3.03. The fourth-order valence-corrected chi connectivity index (χ4v) is 3.03. The highest BCUT2D eigenvalue weighted by atomic mass is 19.3. The molecule has 1 atom stereocenters. The predicted molar refractivity (Wildman–Crippen MR) is 69.8 cm³/mol. The molecule has 0 aromatic heterocycles. The number of benzene rings is 1. The zero-order chi connectivity index (χ0) is 14.0. The van der Waals surface area contributed by atoms with Crippen LogP contribution >= 0.6 is 0 Å². The lowest BCUT2D eigenvalue weighted by molar-refractivity contribution is -0.0495. The van der Waals surface area contributed by atoms with E-state index in [1.165, 1.54) is 12.1 Å². The summed E-state index contributed by atoms with van der Waals surface area (Å²) >= 11 is 0. The summed E-state index contributed by atoms with van der Waals surface area (Å²) in [4.78, 5) is 0. The van der Waals surface area contributed by atoms with E-state index in [1.807, 2.05) is 14.0 Å². The molecule has 1 aliphatic rings. The van der Waals surface area contributed by atoms with Crippen LogP contribution in [-0.2, 0) is 0 Å². The fraction of sp³-hybridized carbons (Fsp3) is 0.600. The Bertz CT molecular complexity index is 435. The van der Waals surface area contributed by atoms with Gasteiger partial charge in [0.05, 0.1) is 0 Å². The number of aryl methyl sites for hydroxylation is 1. The van der Waals surface area contributed by atoms with Gasteiger partial charge in [-0.25, -0.2) is 13.2 Å². The Kier molecular flexibility index (Phi) is 4.19. The van der Waals surface area contributed by atoms with Gasteiger partial charge in [0.2, 0.25) is 5.92 Å². The van der Waals surface area contributed by atoms with E-state index in [0.717, 1.165) is 11.1 Å². The molecule has 1 aliphatic carbocycles. The molecule has 0 radical (unpaired) electrons. The van der Waals surface area contributed by atoms with Gasteiger partial charge in [0.15, 0.2) is 0 Å². The summed E-state index contributed by atoms with van der Waals surface area (Å²) in [6.07, 6.45) is 0.927. The van der Waals surface area contributed by atoms with Crippen molar-refractivity contribution in [1.29, 1.82) is 0 Å². The van der Waals surface area contributed by atoms with Crippen LogP contribution in [0.15, 0.2) is 18.2 Å². The van der Waals surface area contributed by atoms with Crippen molar-refractivity contribution in [2.75, 3.05) is 7.05 Å². The van der Waals surface area contributed by atoms with Crippen molar-refractivity contribution in [3.63, 3.8) is 0 Å². The summed E-state index contributed by atoms with van der Waals surface area (Å²) in [5, 5.41) is 3.21. The SMILES string of the molecule is CNC(c1ccc(F)cc1C)C1CCC(F)(F)CC1. The van der Waals surface area contributed by atoms with Crippen molar-refractivity contribution < 1.29 is 13.2 Å². The van der Waals surface area contributed by atoms with E-state index >= 15 is 0 Å². The van der Waals surface area contributed by atoms with Crippen LogP contribution < -0.4 is 5.32 Å². The number of nitrogens with one attached hydrogen (secondary N) is 1. The lowest BCUT2D eigenvalue weighted by Gasteiger charge is -2.34. The minimum Gasteiger partial charge on any atom is -0.313 e. The summed E-state index contributed by atoms with van der Waals surface area (Å²) in [7, 11) is 1.83. The molecule has 0 amide bonds. The Morgan fingerprint density at radius 2 is 1.89 bits per heavy atom. The van der Waals surface area contributed by atoms with Crippen LogP contribution in [0.2, 0.25) is 0 Å². The molecule has 4 heteroatoms.